The summed E-state index contributed by atoms with van der Waals surface area (Å²) >= 11 is 0. The van der Waals surface area contributed by atoms with E-state index < -0.39 is 34.5 Å². The Morgan fingerprint density at radius 1 is 0.891 bits per heavy atom. The summed E-state index contributed by atoms with van der Waals surface area (Å²) in [5, 5.41) is 2.92. The molecule has 1 fully saturated rings. The second-order valence-electron chi connectivity index (χ2n) is 14.2. The zero-order valence-electron chi connectivity index (χ0n) is 30.7. The Morgan fingerprint density at radius 3 is 2.18 bits per heavy atom. The van der Waals surface area contributed by atoms with Gasteiger partial charge in [-0.1, -0.05) is 48.5 Å². The molecule has 2 amide bonds. The van der Waals surface area contributed by atoms with Crippen molar-refractivity contribution in [2.45, 2.75) is 70.4 Å². The van der Waals surface area contributed by atoms with Crippen LogP contribution in [0.4, 0.5) is 22.0 Å². The molecule has 14 heteroatoms. The van der Waals surface area contributed by atoms with E-state index in [1.54, 1.807) is 40.8 Å². The van der Waals surface area contributed by atoms with Gasteiger partial charge in [-0.05, 0) is 85.7 Å². The van der Waals surface area contributed by atoms with E-state index in [2.05, 4.69) is 20.2 Å². The molecular formula is C41H41F5N6O3. The number of rotatable bonds is 11. The molecule has 3 heterocycles. The number of carbonyl (C=O) groups is 2. The van der Waals surface area contributed by atoms with Crippen LogP contribution in [-0.4, -0.2) is 67.9 Å². The lowest BCUT2D eigenvalue weighted by Gasteiger charge is -2.44. The minimum Gasteiger partial charge on any atom is -0.358 e. The first-order chi connectivity index (χ1) is 26.2. The van der Waals surface area contributed by atoms with Crippen LogP contribution in [0.15, 0.2) is 89.9 Å². The van der Waals surface area contributed by atoms with Gasteiger partial charge in [0.05, 0.1) is 16.5 Å². The van der Waals surface area contributed by atoms with Crippen molar-refractivity contribution in [3.63, 3.8) is 0 Å². The molecule has 0 radical (unpaired) electrons. The maximum absolute atomic E-state index is 14.6. The molecule has 0 atom stereocenters. The van der Waals surface area contributed by atoms with Crippen LogP contribution in [0.2, 0.25) is 0 Å². The second-order valence-corrected chi connectivity index (χ2v) is 14.2. The zero-order valence-corrected chi connectivity index (χ0v) is 30.7. The van der Waals surface area contributed by atoms with Gasteiger partial charge in [0.15, 0.2) is 11.6 Å². The van der Waals surface area contributed by atoms with Crippen LogP contribution in [0.25, 0.3) is 22.2 Å². The number of aromatic nitrogens is 3. The van der Waals surface area contributed by atoms with Gasteiger partial charge in [0, 0.05) is 45.3 Å². The minimum atomic E-state index is -4.44. The molecule has 1 N–H and O–H groups in total. The topological polar surface area (TPSA) is 100 Å². The summed E-state index contributed by atoms with van der Waals surface area (Å²) < 4.78 is 69.6. The number of hydrogen-bond donors (Lipinski definition) is 1. The Hall–Kier alpha value is -5.50. The number of alkyl halides is 3. The van der Waals surface area contributed by atoms with Crippen molar-refractivity contribution in [1.82, 2.24) is 29.7 Å². The highest BCUT2D eigenvalue weighted by atomic mass is 19.4. The molecule has 9 nitrogen and oxygen atoms in total. The monoisotopic (exact) mass is 760 g/mol. The van der Waals surface area contributed by atoms with Crippen molar-refractivity contribution in [2.75, 3.05) is 20.1 Å². The number of piperidine rings is 1. The molecule has 1 aliphatic rings. The van der Waals surface area contributed by atoms with Gasteiger partial charge in [-0.3, -0.25) is 19.3 Å². The minimum absolute atomic E-state index is 0.0111. The van der Waals surface area contributed by atoms with Crippen LogP contribution in [-0.2, 0) is 41.7 Å². The molecular weight excluding hydrogens is 719 g/mol. The Bertz CT molecular complexity index is 2230. The van der Waals surface area contributed by atoms with Gasteiger partial charge in [0.2, 0.25) is 11.8 Å². The number of aryl methyl sites for hydroxylation is 2. The van der Waals surface area contributed by atoms with Crippen molar-refractivity contribution >= 4 is 22.8 Å². The lowest BCUT2D eigenvalue weighted by molar-refractivity contribution is -0.138. The first-order valence-electron chi connectivity index (χ1n) is 18.0. The van der Waals surface area contributed by atoms with Gasteiger partial charge >= 0.3 is 6.18 Å². The largest absolute Gasteiger partial charge is 0.416 e. The standard InChI is InChI=1S/C41H41F5N6O3/c1-40(2,39(55)47-3)50-22-19-31(20-23-50)51(24-26-9-11-27(12-10-26)28-13-16-30(17-14-28)41(44,45)46)35(53)25-52-34(18-15-29-6-4-8-33(42)36(29)43)49-38(54)32-7-5-21-48-37(32)52/h4-14,16-17,21,31H,15,18-20,22-25H2,1-3H3,(H,47,55). The Labute approximate surface area is 314 Å². The van der Waals surface area contributed by atoms with Crippen molar-refractivity contribution in [1.29, 1.82) is 0 Å². The molecule has 1 aliphatic heterocycles. The Morgan fingerprint density at radius 2 is 1.55 bits per heavy atom. The molecule has 0 spiro atoms. The van der Waals surface area contributed by atoms with Gasteiger partial charge in [-0.15, -0.1) is 0 Å². The van der Waals surface area contributed by atoms with Crippen LogP contribution < -0.4 is 10.9 Å². The fraction of sp³-hybridized carbons (Fsp3) is 0.341. The smallest absolute Gasteiger partial charge is 0.358 e. The van der Waals surface area contributed by atoms with Gasteiger partial charge in [0.25, 0.3) is 5.56 Å². The number of nitrogens with zero attached hydrogens (tertiary/aromatic N) is 5. The van der Waals surface area contributed by atoms with Crippen molar-refractivity contribution in [2.24, 2.45) is 0 Å². The zero-order chi connectivity index (χ0) is 39.5. The average molecular weight is 761 g/mol. The fourth-order valence-corrected chi connectivity index (χ4v) is 7.17. The average Bonchev–Trinajstić information content (AvgIpc) is 3.18. The lowest BCUT2D eigenvalue weighted by atomic mass is 9.94. The van der Waals surface area contributed by atoms with Crippen molar-refractivity contribution < 1.29 is 31.5 Å². The molecule has 0 unspecified atom stereocenters. The predicted molar refractivity (Wildman–Crippen MR) is 198 cm³/mol. The Kier molecular flexibility index (Phi) is 11.5. The van der Waals surface area contributed by atoms with E-state index in [9.17, 15) is 36.3 Å². The van der Waals surface area contributed by atoms with Crippen molar-refractivity contribution in [3.8, 4) is 11.1 Å². The van der Waals surface area contributed by atoms with Gasteiger partial charge in [-0.25, -0.2) is 13.8 Å². The number of pyridine rings is 1. The molecule has 55 heavy (non-hydrogen) atoms. The number of halogens is 5. The number of nitrogens with one attached hydrogen (secondary N) is 1. The van der Waals surface area contributed by atoms with Crippen LogP contribution >= 0.6 is 0 Å². The summed E-state index contributed by atoms with van der Waals surface area (Å²) in [5.74, 6) is -2.22. The third-order valence-corrected chi connectivity index (χ3v) is 10.4. The van der Waals surface area contributed by atoms with Gasteiger partial charge in [0.1, 0.15) is 18.0 Å². The first kappa shape index (κ1) is 39.2. The normalized spacial score (nSPS) is 14.3. The van der Waals surface area contributed by atoms with Crippen LogP contribution in [0.1, 0.15) is 49.2 Å². The molecule has 6 rings (SSSR count). The highest BCUT2D eigenvalue weighted by Crippen LogP contribution is 2.32. The highest BCUT2D eigenvalue weighted by Gasteiger charge is 2.38. The van der Waals surface area contributed by atoms with E-state index in [0.717, 1.165) is 23.8 Å². The molecule has 0 aliphatic carbocycles. The summed E-state index contributed by atoms with van der Waals surface area (Å²) in [6.07, 6.45) is -1.80. The molecule has 1 saturated heterocycles. The number of benzene rings is 3. The van der Waals surface area contributed by atoms with Crippen molar-refractivity contribution in [3.05, 3.63) is 130 Å². The summed E-state index contributed by atoms with van der Waals surface area (Å²) in [7, 11) is 1.59. The van der Waals surface area contributed by atoms with Crippen LogP contribution in [0.5, 0.6) is 0 Å². The first-order valence-corrected chi connectivity index (χ1v) is 18.0. The van der Waals surface area contributed by atoms with E-state index >= 15 is 0 Å². The molecule has 0 bridgehead atoms. The van der Waals surface area contributed by atoms with E-state index in [1.807, 2.05) is 26.0 Å². The molecule has 5 aromatic rings. The number of fused-ring (bicyclic) bond motifs is 1. The van der Waals surface area contributed by atoms with E-state index in [0.29, 0.717) is 37.1 Å². The molecule has 0 saturated carbocycles. The Balaban J connectivity index is 1.31. The summed E-state index contributed by atoms with van der Waals surface area (Å²) in [6.45, 7) is 4.72. The maximum atomic E-state index is 14.6. The number of carbonyl (C=O) groups excluding carboxylic acids is 2. The van der Waals surface area contributed by atoms with Gasteiger partial charge < -0.3 is 14.8 Å². The maximum Gasteiger partial charge on any atom is 0.416 e. The molecule has 288 valence electrons. The molecule has 3 aromatic carbocycles. The highest BCUT2D eigenvalue weighted by molar-refractivity contribution is 5.85. The number of likely N-dealkylation sites (tertiary alicyclic amines) is 1. The summed E-state index contributed by atoms with van der Waals surface area (Å²) in [4.78, 5) is 52.9. The van der Waals surface area contributed by atoms with E-state index in [1.165, 1.54) is 30.5 Å². The third-order valence-electron chi connectivity index (χ3n) is 10.4. The van der Waals surface area contributed by atoms with E-state index in [-0.39, 0.29) is 66.2 Å². The van der Waals surface area contributed by atoms with Crippen LogP contribution in [0.3, 0.4) is 0 Å². The number of amides is 2. The van der Waals surface area contributed by atoms with E-state index in [4.69, 9.17) is 0 Å². The summed E-state index contributed by atoms with van der Waals surface area (Å²) in [6, 6.07) is 18.9. The second kappa shape index (κ2) is 16.1. The molecule has 2 aromatic heterocycles. The third kappa shape index (κ3) is 8.59. The number of likely N-dealkylation sites (N-methyl/N-ethyl adjacent to an activating group) is 1. The summed E-state index contributed by atoms with van der Waals surface area (Å²) in [5.41, 5.74) is 0.347. The van der Waals surface area contributed by atoms with Gasteiger partial charge in [-0.2, -0.15) is 18.2 Å². The number of hydrogen-bond acceptors (Lipinski definition) is 6. The lowest BCUT2D eigenvalue weighted by Crippen LogP contribution is -2.58. The SMILES string of the molecule is CNC(=O)C(C)(C)N1CCC(N(Cc2ccc(-c3ccc(C(F)(F)F)cc3)cc2)C(=O)Cn2c(CCc3cccc(F)c3F)nc(=O)c3cccnc32)CC1. The predicted octanol–water partition coefficient (Wildman–Crippen LogP) is 6.56. The fourth-order valence-electron chi connectivity index (χ4n) is 7.17. The van der Waals surface area contributed by atoms with Crippen LogP contribution in [0, 0.1) is 11.6 Å². The quantitative estimate of drug-likeness (QED) is 0.153.